The van der Waals surface area contributed by atoms with Gasteiger partial charge in [-0.3, -0.25) is 4.79 Å². The fourth-order valence-corrected chi connectivity index (χ4v) is 5.37. The number of esters is 1. The lowest BCUT2D eigenvalue weighted by molar-refractivity contribution is -0.896. The van der Waals surface area contributed by atoms with E-state index in [4.69, 9.17) is 4.74 Å². The summed E-state index contributed by atoms with van der Waals surface area (Å²) in [6.45, 7) is 3.96. The van der Waals surface area contributed by atoms with Crippen molar-refractivity contribution in [3.05, 3.63) is 29.8 Å². The molecule has 164 valence electrons. The maximum Gasteiger partial charge on any atom is 0.316 e. The summed E-state index contributed by atoms with van der Waals surface area (Å²) in [6, 6.07) is 6.90. The van der Waals surface area contributed by atoms with Crippen LogP contribution in [0.25, 0.3) is 0 Å². The Morgan fingerprint density at radius 1 is 1.10 bits per heavy atom. The first kappa shape index (κ1) is 24.4. The average Bonchev–Trinajstić information content (AvgIpc) is 3.17. The zero-order chi connectivity index (χ0) is 20.6. The molecular weight excluding hydrogens is 454 g/mol. The molecule has 1 unspecified atom stereocenters. The molecule has 0 aromatic heterocycles. The Labute approximate surface area is 186 Å². The number of carbonyl (C=O) groups is 1. The largest absolute Gasteiger partial charge is 1.00 e. The van der Waals surface area contributed by atoms with Crippen molar-refractivity contribution in [2.24, 2.45) is 5.92 Å². The molecule has 3 rings (SSSR count). The quantitative estimate of drug-likeness (QED) is 0.443. The number of quaternary nitrogens is 1. The smallest absolute Gasteiger partial charge is 0.316 e. The number of hydrogen-bond donors (Lipinski definition) is 0. The summed E-state index contributed by atoms with van der Waals surface area (Å²) in [7, 11) is 1.08. The second-order valence-corrected chi connectivity index (χ2v) is 11.5. The van der Waals surface area contributed by atoms with E-state index in [9.17, 15) is 13.2 Å². The molecule has 0 radical (unpaired) electrons. The minimum atomic E-state index is -3.33. The average molecular weight is 488 g/mol. The number of ether oxygens (including phenoxy) is 1. The van der Waals surface area contributed by atoms with Crippen LogP contribution in [0, 0.1) is 5.92 Å². The molecule has 1 aromatic rings. The molecule has 0 spiro atoms. The Morgan fingerprint density at radius 2 is 1.69 bits per heavy atom. The van der Waals surface area contributed by atoms with Gasteiger partial charge in [0.15, 0.2) is 9.84 Å². The molecule has 2 aliphatic rings. The van der Waals surface area contributed by atoms with Gasteiger partial charge in [0.2, 0.25) is 0 Å². The lowest BCUT2D eigenvalue weighted by atomic mass is 9.71. The third kappa shape index (κ3) is 5.42. The summed E-state index contributed by atoms with van der Waals surface area (Å²) in [5, 5.41) is 0. The van der Waals surface area contributed by atoms with E-state index in [1.807, 2.05) is 13.0 Å². The molecule has 1 aromatic carbocycles. The topological polar surface area (TPSA) is 60.4 Å². The van der Waals surface area contributed by atoms with E-state index in [1.165, 1.54) is 6.26 Å². The van der Waals surface area contributed by atoms with Crippen LogP contribution in [0.4, 0.5) is 0 Å². The van der Waals surface area contributed by atoms with Gasteiger partial charge < -0.3 is 26.2 Å². The molecule has 1 atom stereocenters. The van der Waals surface area contributed by atoms with Crippen LogP contribution in [-0.2, 0) is 24.8 Å². The minimum Gasteiger partial charge on any atom is -1.00 e. The molecule has 7 heteroatoms. The van der Waals surface area contributed by atoms with Crippen molar-refractivity contribution < 1.29 is 39.4 Å². The van der Waals surface area contributed by atoms with Gasteiger partial charge in [0.25, 0.3) is 0 Å². The number of rotatable bonds is 5. The number of likely N-dealkylation sites (tertiary alicyclic amines) is 1. The molecule has 1 heterocycles. The number of nitrogens with zero attached hydrogens (tertiary/aromatic N) is 1. The molecule has 5 nitrogen and oxygen atoms in total. The van der Waals surface area contributed by atoms with Crippen LogP contribution in [0.2, 0.25) is 0 Å². The fourth-order valence-electron chi connectivity index (χ4n) is 4.71. The number of carbonyl (C=O) groups excluding carboxylic acids is 1. The van der Waals surface area contributed by atoms with Crippen molar-refractivity contribution in [2.75, 3.05) is 33.4 Å². The van der Waals surface area contributed by atoms with Gasteiger partial charge in [0.1, 0.15) is 6.10 Å². The molecule has 0 bridgehead atoms. The number of sulfone groups is 1. The van der Waals surface area contributed by atoms with E-state index in [0.29, 0.717) is 0 Å². The normalized spacial score (nSPS) is 22.5. The molecule has 1 aliphatic heterocycles. The zero-order valence-corrected chi connectivity index (χ0v) is 20.4. The van der Waals surface area contributed by atoms with Crippen molar-refractivity contribution in [1.82, 2.24) is 0 Å². The monoisotopic (exact) mass is 487 g/mol. The van der Waals surface area contributed by atoms with Crippen molar-refractivity contribution >= 4 is 15.8 Å². The highest BCUT2D eigenvalue weighted by Crippen LogP contribution is 2.44. The Morgan fingerprint density at radius 3 is 2.24 bits per heavy atom. The summed E-state index contributed by atoms with van der Waals surface area (Å²) < 4.78 is 31.1. The van der Waals surface area contributed by atoms with Crippen LogP contribution in [0.3, 0.4) is 0 Å². The minimum absolute atomic E-state index is 0. The molecule has 1 saturated carbocycles. The highest BCUT2D eigenvalue weighted by Gasteiger charge is 2.46. The molecular formula is C22H34BrNO4S. The van der Waals surface area contributed by atoms with E-state index >= 15 is 0 Å². The van der Waals surface area contributed by atoms with Crippen molar-refractivity contribution in [2.45, 2.75) is 61.9 Å². The van der Waals surface area contributed by atoms with Gasteiger partial charge in [-0.15, -0.1) is 0 Å². The fraction of sp³-hybridized carbons (Fsp3) is 0.682. The summed E-state index contributed by atoms with van der Waals surface area (Å²) in [5.74, 6) is -0.00659. The van der Waals surface area contributed by atoms with E-state index in [-0.39, 0.29) is 39.9 Å². The van der Waals surface area contributed by atoms with Gasteiger partial charge >= 0.3 is 5.97 Å². The lowest BCUT2D eigenvalue weighted by Gasteiger charge is -2.39. The molecule has 1 aliphatic carbocycles. The highest BCUT2D eigenvalue weighted by molar-refractivity contribution is 7.90. The predicted molar refractivity (Wildman–Crippen MR) is 110 cm³/mol. The van der Waals surface area contributed by atoms with Gasteiger partial charge in [0.05, 0.1) is 37.5 Å². The lowest BCUT2D eigenvalue weighted by Crippen LogP contribution is -3.00. The Hall–Kier alpha value is -0.920. The third-order valence-electron chi connectivity index (χ3n) is 6.84. The SMILES string of the molecule is CC(C(=O)OC1CC[N+](C)(C)CC1)(c1cccc(S(C)(=O)=O)c1)C1CCCC1.[Br-]. The summed E-state index contributed by atoms with van der Waals surface area (Å²) in [6.07, 6.45) is 7.08. The standard InChI is InChI=1S/C22H34NO4S.BrH/c1-22(17-8-5-6-9-17,18-10-7-11-20(16-18)28(4,25)26)21(24)27-19-12-14-23(2,3)15-13-19;/h7,10-11,16-17,19H,5-6,8-9,12-15H2,1-4H3;1H/q+1;/p-1. The first-order valence-electron chi connectivity index (χ1n) is 10.4. The first-order valence-corrected chi connectivity index (χ1v) is 12.3. The van der Waals surface area contributed by atoms with Crippen molar-refractivity contribution in [1.29, 1.82) is 0 Å². The Balaban J connectivity index is 0.00000300. The van der Waals surface area contributed by atoms with Gasteiger partial charge in [-0.05, 0) is 43.4 Å². The second-order valence-electron chi connectivity index (χ2n) is 9.47. The van der Waals surface area contributed by atoms with Crippen LogP contribution in [-0.4, -0.2) is 58.4 Å². The number of hydrogen-bond acceptors (Lipinski definition) is 4. The molecule has 0 N–H and O–H groups in total. The predicted octanol–water partition coefficient (Wildman–Crippen LogP) is 0.324. The summed E-state index contributed by atoms with van der Waals surface area (Å²) in [5.41, 5.74) is -0.0433. The zero-order valence-electron chi connectivity index (χ0n) is 18.0. The van der Waals surface area contributed by atoms with Crippen LogP contribution in [0.1, 0.15) is 51.0 Å². The van der Waals surface area contributed by atoms with Gasteiger partial charge in [-0.2, -0.15) is 0 Å². The highest BCUT2D eigenvalue weighted by atomic mass is 79.9. The second kappa shape index (κ2) is 9.06. The molecule has 1 saturated heterocycles. The maximum absolute atomic E-state index is 13.5. The van der Waals surface area contributed by atoms with Gasteiger partial charge in [0, 0.05) is 19.1 Å². The van der Waals surface area contributed by atoms with Gasteiger partial charge in [-0.1, -0.05) is 25.0 Å². The van der Waals surface area contributed by atoms with Crippen LogP contribution in [0.15, 0.2) is 29.2 Å². The molecule has 29 heavy (non-hydrogen) atoms. The molecule has 2 fully saturated rings. The van der Waals surface area contributed by atoms with Crippen molar-refractivity contribution in [3.63, 3.8) is 0 Å². The Kier molecular flexibility index (Phi) is 7.61. The summed E-state index contributed by atoms with van der Waals surface area (Å²) >= 11 is 0. The van der Waals surface area contributed by atoms with Gasteiger partial charge in [-0.25, -0.2) is 8.42 Å². The molecule has 0 amide bonds. The van der Waals surface area contributed by atoms with E-state index < -0.39 is 15.3 Å². The number of piperidine rings is 1. The first-order chi connectivity index (χ1) is 13.0. The third-order valence-corrected chi connectivity index (χ3v) is 7.95. The van der Waals surface area contributed by atoms with Crippen LogP contribution >= 0.6 is 0 Å². The van der Waals surface area contributed by atoms with Crippen molar-refractivity contribution in [3.8, 4) is 0 Å². The van der Waals surface area contributed by atoms with E-state index in [2.05, 4.69) is 14.1 Å². The van der Waals surface area contributed by atoms with E-state index in [0.717, 1.165) is 61.7 Å². The van der Waals surface area contributed by atoms with E-state index in [1.54, 1.807) is 18.2 Å². The number of benzene rings is 1. The Bertz CT molecular complexity index is 823. The van der Waals surface area contributed by atoms with Crippen LogP contribution in [0.5, 0.6) is 0 Å². The van der Waals surface area contributed by atoms with Crippen LogP contribution < -0.4 is 17.0 Å². The summed E-state index contributed by atoms with van der Waals surface area (Å²) in [4.78, 5) is 13.7. The number of halogens is 1. The maximum atomic E-state index is 13.5.